The van der Waals surface area contributed by atoms with Crippen molar-refractivity contribution in [2.75, 3.05) is 18.9 Å². The van der Waals surface area contributed by atoms with Crippen LogP contribution in [-0.2, 0) is 30.0 Å². The molecule has 0 bridgehead atoms. The van der Waals surface area contributed by atoms with Crippen LogP contribution in [0.5, 0.6) is 5.88 Å². The summed E-state index contributed by atoms with van der Waals surface area (Å²) in [7, 11) is -4.15. The average Bonchev–Trinajstić information content (AvgIpc) is 3.36. The summed E-state index contributed by atoms with van der Waals surface area (Å²) < 4.78 is 39.3. The maximum atomic E-state index is 14.2. The lowest BCUT2D eigenvalue weighted by Gasteiger charge is -2.27. The van der Waals surface area contributed by atoms with Gasteiger partial charge in [0.2, 0.25) is 5.88 Å². The van der Waals surface area contributed by atoms with Crippen LogP contribution >= 0.6 is 7.75 Å². The van der Waals surface area contributed by atoms with E-state index in [1.54, 1.807) is 39.0 Å². The van der Waals surface area contributed by atoms with Crippen molar-refractivity contribution in [3.8, 4) is 5.88 Å². The minimum atomic E-state index is -4.15. The summed E-state index contributed by atoms with van der Waals surface area (Å²) in [4.78, 5) is 26.2. The molecule has 4 aromatic rings. The number of carbonyl (C=O) groups excluding carboxylic acids is 1. The Morgan fingerprint density at radius 2 is 1.86 bits per heavy atom. The predicted octanol–water partition coefficient (Wildman–Crippen LogP) is 5.96. The highest BCUT2D eigenvalue weighted by Crippen LogP contribution is 2.46. The maximum absolute atomic E-state index is 14.2. The number of esters is 1. The zero-order valence-electron chi connectivity index (χ0n) is 25.4. The SMILES string of the molecule is CCCC[C@@H](COP(=O)(N[C@@H](C)C(=O)OC(C)C)Oc1ccccn1)n1c(COCC)nc2c(N)nc3ccccc3c21. The summed E-state index contributed by atoms with van der Waals surface area (Å²) in [6, 6.07) is 11.4. The van der Waals surface area contributed by atoms with E-state index < -0.39 is 19.8 Å². The molecule has 3 atom stereocenters. The number of benzene rings is 1. The molecule has 0 fully saturated rings. The van der Waals surface area contributed by atoms with E-state index in [0.29, 0.717) is 30.2 Å². The van der Waals surface area contributed by atoms with E-state index in [-0.39, 0.29) is 31.2 Å². The first-order valence-electron chi connectivity index (χ1n) is 14.6. The standard InChI is InChI=1S/C30H41N6O6P/c1-6-8-13-22(18-40-43(38,42-26-16-11-12-17-32-26)35-21(5)30(37)41-20(3)4)36-25(19-39-7-2)34-27-28(36)23-14-9-10-15-24(23)33-29(27)31/h9-12,14-17,20-22H,6-8,13,18-19H2,1-5H3,(H2,31,33)(H,35,38)/t21-,22-,43?/m0/s1. The number of nitrogens with one attached hydrogen (secondary N) is 1. The highest BCUT2D eigenvalue weighted by atomic mass is 31.2. The van der Waals surface area contributed by atoms with Gasteiger partial charge in [-0.1, -0.05) is 44.0 Å². The van der Waals surface area contributed by atoms with Crippen LogP contribution in [0.1, 0.15) is 65.7 Å². The van der Waals surface area contributed by atoms with E-state index in [4.69, 9.17) is 29.2 Å². The summed E-state index contributed by atoms with van der Waals surface area (Å²) in [5.74, 6) is 0.459. The Labute approximate surface area is 251 Å². The minimum Gasteiger partial charge on any atom is -0.462 e. The third-order valence-corrected chi connectivity index (χ3v) is 8.28. The van der Waals surface area contributed by atoms with Gasteiger partial charge in [-0.2, -0.15) is 5.09 Å². The molecule has 12 nitrogen and oxygen atoms in total. The fraction of sp³-hybridized carbons (Fsp3) is 0.467. The highest BCUT2D eigenvalue weighted by molar-refractivity contribution is 7.52. The number of aromatic nitrogens is 4. The third-order valence-electron chi connectivity index (χ3n) is 6.66. The lowest BCUT2D eigenvalue weighted by Crippen LogP contribution is -2.36. The van der Waals surface area contributed by atoms with Crippen LogP contribution in [0, 0.1) is 0 Å². The van der Waals surface area contributed by atoms with Crippen LogP contribution in [0.25, 0.3) is 21.9 Å². The first-order chi connectivity index (χ1) is 20.7. The monoisotopic (exact) mass is 612 g/mol. The predicted molar refractivity (Wildman–Crippen MR) is 166 cm³/mol. The molecule has 13 heteroatoms. The summed E-state index contributed by atoms with van der Waals surface area (Å²) in [5, 5.41) is 3.62. The number of carbonyl (C=O) groups is 1. The van der Waals surface area contributed by atoms with Gasteiger partial charge in [0.25, 0.3) is 0 Å². The van der Waals surface area contributed by atoms with Crippen LogP contribution < -0.4 is 15.3 Å². The van der Waals surface area contributed by atoms with Crippen molar-refractivity contribution in [2.45, 2.75) is 78.7 Å². The molecule has 0 aliphatic rings. The number of unbranched alkanes of at least 4 members (excludes halogenated alkanes) is 1. The Hall–Kier alpha value is -3.57. The number of para-hydroxylation sites is 1. The second kappa shape index (κ2) is 14.7. The molecule has 0 radical (unpaired) electrons. The van der Waals surface area contributed by atoms with Crippen LogP contribution in [-0.4, -0.2) is 50.8 Å². The number of anilines is 1. The zero-order chi connectivity index (χ0) is 31.0. The van der Waals surface area contributed by atoms with Crippen molar-refractivity contribution in [3.05, 3.63) is 54.5 Å². The molecule has 3 N–H and O–H groups in total. The fourth-order valence-electron chi connectivity index (χ4n) is 4.71. The largest absolute Gasteiger partial charge is 0.462 e. The molecule has 3 heterocycles. The number of fused-ring (bicyclic) bond motifs is 3. The quantitative estimate of drug-likeness (QED) is 0.114. The second-order valence-corrected chi connectivity index (χ2v) is 12.1. The first-order valence-corrected chi connectivity index (χ1v) is 16.2. The molecule has 1 aromatic carbocycles. The van der Waals surface area contributed by atoms with E-state index in [1.165, 1.54) is 6.20 Å². The number of pyridine rings is 2. The van der Waals surface area contributed by atoms with Gasteiger partial charge >= 0.3 is 13.7 Å². The van der Waals surface area contributed by atoms with Crippen molar-refractivity contribution in [1.82, 2.24) is 24.6 Å². The Bertz CT molecular complexity index is 1560. The number of nitrogens with two attached hydrogens (primary N) is 1. The maximum Gasteiger partial charge on any atom is 0.460 e. The number of hydrogen-bond donors (Lipinski definition) is 2. The fourth-order valence-corrected chi connectivity index (χ4v) is 6.19. The topological polar surface area (TPSA) is 153 Å². The van der Waals surface area contributed by atoms with E-state index in [0.717, 1.165) is 29.3 Å². The molecular formula is C30H41N6O6P. The van der Waals surface area contributed by atoms with Gasteiger partial charge < -0.3 is 24.3 Å². The van der Waals surface area contributed by atoms with Gasteiger partial charge in [0.15, 0.2) is 5.82 Å². The highest BCUT2D eigenvalue weighted by Gasteiger charge is 2.35. The first kappa shape index (κ1) is 32.3. The van der Waals surface area contributed by atoms with Crippen molar-refractivity contribution < 1.29 is 27.9 Å². The van der Waals surface area contributed by atoms with Crippen LogP contribution in [0.3, 0.4) is 0 Å². The normalized spacial score (nSPS) is 14.6. The van der Waals surface area contributed by atoms with E-state index in [2.05, 4.69) is 26.5 Å². The van der Waals surface area contributed by atoms with Gasteiger partial charge in [-0.3, -0.25) is 9.32 Å². The van der Waals surface area contributed by atoms with Crippen LogP contribution in [0.2, 0.25) is 0 Å². The number of hydrogen-bond acceptors (Lipinski definition) is 10. The smallest absolute Gasteiger partial charge is 0.460 e. The van der Waals surface area contributed by atoms with Gasteiger partial charge in [0, 0.05) is 24.3 Å². The Kier molecular flexibility index (Phi) is 11.1. The molecule has 232 valence electrons. The van der Waals surface area contributed by atoms with Crippen LogP contribution in [0.15, 0.2) is 48.7 Å². The zero-order valence-corrected chi connectivity index (χ0v) is 26.3. The minimum absolute atomic E-state index is 0.0375. The Morgan fingerprint density at radius 1 is 1.09 bits per heavy atom. The third kappa shape index (κ3) is 8.08. The number of rotatable bonds is 16. The van der Waals surface area contributed by atoms with Gasteiger partial charge in [0.05, 0.1) is 29.8 Å². The van der Waals surface area contributed by atoms with Crippen molar-refractivity contribution >= 4 is 41.5 Å². The summed E-state index contributed by atoms with van der Waals surface area (Å²) in [6.45, 7) is 9.73. The lowest BCUT2D eigenvalue weighted by molar-refractivity contribution is -0.149. The molecule has 0 aliphatic heterocycles. The van der Waals surface area contributed by atoms with Crippen molar-refractivity contribution in [1.29, 1.82) is 0 Å². The summed E-state index contributed by atoms with van der Waals surface area (Å²) in [6.07, 6.45) is 3.62. The van der Waals surface area contributed by atoms with E-state index in [9.17, 15) is 9.36 Å². The van der Waals surface area contributed by atoms with Gasteiger partial charge in [0.1, 0.15) is 24.0 Å². The number of nitrogen functional groups attached to an aromatic ring is 1. The number of imidazole rings is 1. The molecule has 1 unspecified atom stereocenters. The Balaban J connectivity index is 1.76. The van der Waals surface area contributed by atoms with E-state index in [1.807, 2.05) is 31.2 Å². The molecule has 43 heavy (non-hydrogen) atoms. The molecule has 0 saturated carbocycles. The summed E-state index contributed by atoms with van der Waals surface area (Å²) in [5.41, 5.74) is 8.48. The van der Waals surface area contributed by atoms with Gasteiger partial charge in [-0.05, 0) is 46.2 Å². The summed E-state index contributed by atoms with van der Waals surface area (Å²) >= 11 is 0. The number of nitrogens with zero attached hydrogens (tertiary/aromatic N) is 4. The molecular weight excluding hydrogens is 571 g/mol. The second-order valence-electron chi connectivity index (χ2n) is 10.4. The molecule has 0 aliphatic carbocycles. The molecule has 4 rings (SSSR count). The molecule has 0 amide bonds. The lowest BCUT2D eigenvalue weighted by atomic mass is 10.1. The molecule has 0 saturated heterocycles. The molecule has 3 aromatic heterocycles. The van der Waals surface area contributed by atoms with Crippen LogP contribution in [0.4, 0.5) is 5.82 Å². The number of ether oxygens (including phenoxy) is 2. The average molecular weight is 613 g/mol. The van der Waals surface area contributed by atoms with E-state index >= 15 is 0 Å². The van der Waals surface area contributed by atoms with Gasteiger partial charge in [-0.15, -0.1) is 0 Å². The Morgan fingerprint density at radius 3 is 2.56 bits per heavy atom. The molecule has 0 spiro atoms. The van der Waals surface area contributed by atoms with Crippen molar-refractivity contribution in [3.63, 3.8) is 0 Å². The van der Waals surface area contributed by atoms with Gasteiger partial charge in [-0.25, -0.2) is 19.5 Å². The van der Waals surface area contributed by atoms with Crippen molar-refractivity contribution in [2.24, 2.45) is 0 Å².